The number of hydrogen-bond donors (Lipinski definition) is 0. The molecule has 0 N–H and O–H groups in total. The highest BCUT2D eigenvalue weighted by molar-refractivity contribution is 5.81. The molecule has 0 bridgehead atoms. The molecule has 3 aromatic rings. The van der Waals surface area contributed by atoms with E-state index in [0.717, 1.165) is 25.7 Å². The van der Waals surface area contributed by atoms with Crippen LogP contribution in [0.15, 0.2) is 41.2 Å². The summed E-state index contributed by atoms with van der Waals surface area (Å²) >= 11 is 0. The van der Waals surface area contributed by atoms with E-state index in [9.17, 15) is 13.6 Å². The largest absolute Gasteiger partial charge is 0.494 e. The molecule has 33 heavy (non-hydrogen) atoms. The Kier molecular flexibility index (Phi) is 6.28. The van der Waals surface area contributed by atoms with Gasteiger partial charge in [-0.2, -0.15) is 0 Å². The van der Waals surface area contributed by atoms with Crippen LogP contribution in [-0.2, 0) is 7.05 Å². The minimum absolute atomic E-state index is 0.0606. The molecule has 7 heteroatoms. The van der Waals surface area contributed by atoms with E-state index in [0.29, 0.717) is 22.9 Å². The molecule has 0 aliphatic heterocycles. The first kappa shape index (κ1) is 22.7. The molecule has 0 spiro atoms. The predicted octanol–water partition coefficient (Wildman–Crippen LogP) is 6.25. The van der Waals surface area contributed by atoms with Gasteiger partial charge in [-0.05, 0) is 42.5 Å². The maximum atomic E-state index is 14.5. The number of rotatable bonds is 4. The van der Waals surface area contributed by atoms with Crippen LogP contribution >= 0.6 is 0 Å². The van der Waals surface area contributed by atoms with E-state index in [-0.39, 0.29) is 34.2 Å². The Morgan fingerprint density at radius 1 is 1.06 bits per heavy atom. The fourth-order valence-electron chi connectivity index (χ4n) is 4.54. The van der Waals surface area contributed by atoms with Crippen molar-refractivity contribution in [2.24, 2.45) is 13.0 Å². The summed E-state index contributed by atoms with van der Waals surface area (Å²) < 4.78 is 35.6. The van der Waals surface area contributed by atoms with Gasteiger partial charge in [0.2, 0.25) is 5.69 Å². The fourth-order valence-corrected chi connectivity index (χ4v) is 4.54. The number of hydrogen-bond acceptors (Lipinski definition) is 3. The summed E-state index contributed by atoms with van der Waals surface area (Å²) in [5.74, 6) is 0.161. The maximum Gasteiger partial charge on any atom is 0.261 e. The van der Waals surface area contributed by atoms with E-state index in [4.69, 9.17) is 16.3 Å². The lowest BCUT2D eigenvalue weighted by molar-refractivity contribution is 0.334. The lowest BCUT2D eigenvalue weighted by atomic mass is 9.82. The van der Waals surface area contributed by atoms with E-state index in [1.165, 1.54) is 35.9 Å². The smallest absolute Gasteiger partial charge is 0.261 e. The third-order valence-electron chi connectivity index (χ3n) is 6.49. The molecule has 170 valence electrons. The van der Waals surface area contributed by atoms with Crippen molar-refractivity contribution in [3.63, 3.8) is 0 Å². The maximum absolute atomic E-state index is 14.5. The summed E-state index contributed by atoms with van der Waals surface area (Å²) in [6, 6.07) is 8.44. The average molecular weight is 450 g/mol. The Morgan fingerprint density at radius 2 is 1.73 bits per heavy atom. The van der Waals surface area contributed by atoms with Crippen LogP contribution in [0.3, 0.4) is 0 Å². The second-order valence-corrected chi connectivity index (χ2v) is 8.64. The minimum atomic E-state index is -0.690. The van der Waals surface area contributed by atoms with E-state index < -0.39 is 11.6 Å². The highest BCUT2D eigenvalue weighted by Crippen LogP contribution is 2.37. The van der Waals surface area contributed by atoms with Crippen LogP contribution in [0.4, 0.5) is 14.5 Å². The Labute approximate surface area is 191 Å². The van der Waals surface area contributed by atoms with Crippen molar-refractivity contribution in [3.8, 4) is 28.1 Å². The van der Waals surface area contributed by atoms with Gasteiger partial charge >= 0.3 is 0 Å². The molecule has 1 heterocycles. The standard InChI is InChI=1S/C26H25F2N3O2/c1-15-5-7-16(8-6-15)25-30-24(18-9-11-21(29-2)19(27)14-18)23(26(32)31(25)3)17-10-12-22(33-4)20(28)13-17/h9-16H,5-8H2,1,3-4H3. The third kappa shape index (κ3) is 4.25. The van der Waals surface area contributed by atoms with Gasteiger partial charge in [-0.3, -0.25) is 9.36 Å². The van der Waals surface area contributed by atoms with Gasteiger partial charge in [0.1, 0.15) is 11.6 Å². The van der Waals surface area contributed by atoms with Gasteiger partial charge in [0, 0.05) is 18.5 Å². The molecular formula is C26H25F2N3O2. The van der Waals surface area contributed by atoms with Crippen LogP contribution in [0.2, 0.25) is 0 Å². The van der Waals surface area contributed by atoms with Gasteiger partial charge in [0.15, 0.2) is 11.6 Å². The molecule has 0 radical (unpaired) electrons. The second kappa shape index (κ2) is 9.14. The van der Waals surface area contributed by atoms with Gasteiger partial charge < -0.3 is 4.74 Å². The molecule has 1 fully saturated rings. The van der Waals surface area contributed by atoms with E-state index in [1.807, 2.05) is 0 Å². The quantitative estimate of drug-likeness (QED) is 0.443. The van der Waals surface area contributed by atoms with Crippen molar-refractivity contribution in [3.05, 3.63) is 75.6 Å². The SMILES string of the molecule is [C-]#[N+]c1ccc(-c2nc(C3CCC(C)CC3)n(C)c(=O)c2-c2ccc(OC)c(F)c2)cc1F. The van der Waals surface area contributed by atoms with Crippen molar-refractivity contribution in [2.75, 3.05) is 7.11 Å². The molecule has 1 aromatic heterocycles. The summed E-state index contributed by atoms with van der Waals surface area (Å²) in [7, 11) is 3.05. The second-order valence-electron chi connectivity index (χ2n) is 8.64. The summed E-state index contributed by atoms with van der Waals surface area (Å²) in [5, 5.41) is 0. The van der Waals surface area contributed by atoms with Crippen LogP contribution in [-0.4, -0.2) is 16.7 Å². The lowest BCUT2D eigenvalue weighted by Crippen LogP contribution is -2.28. The van der Waals surface area contributed by atoms with E-state index in [1.54, 1.807) is 19.2 Å². The zero-order valence-electron chi connectivity index (χ0n) is 18.9. The monoisotopic (exact) mass is 449 g/mol. The summed E-state index contributed by atoms with van der Waals surface area (Å²) in [5.41, 5.74) is 0.728. The van der Waals surface area contributed by atoms with Gasteiger partial charge in [-0.15, -0.1) is 0 Å². The Balaban J connectivity index is 1.96. The van der Waals surface area contributed by atoms with Crippen molar-refractivity contribution >= 4 is 5.69 Å². The molecular weight excluding hydrogens is 424 g/mol. The minimum Gasteiger partial charge on any atom is -0.494 e. The number of benzene rings is 2. The average Bonchev–Trinajstić information content (AvgIpc) is 2.81. The number of halogens is 2. The molecule has 0 amide bonds. The van der Waals surface area contributed by atoms with Crippen molar-refractivity contribution < 1.29 is 13.5 Å². The summed E-state index contributed by atoms with van der Waals surface area (Å²) in [6.45, 7) is 9.33. The molecule has 0 unspecified atom stereocenters. The van der Waals surface area contributed by atoms with Gasteiger partial charge in [0.05, 0.1) is 24.9 Å². The molecule has 1 aliphatic rings. The van der Waals surface area contributed by atoms with Crippen LogP contribution in [0.1, 0.15) is 44.3 Å². The number of methoxy groups -OCH3 is 1. The van der Waals surface area contributed by atoms with E-state index in [2.05, 4.69) is 11.8 Å². The predicted molar refractivity (Wildman–Crippen MR) is 123 cm³/mol. The zero-order chi connectivity index (χ0) is 23.7. The van der Waals surface area contributed by atoms with Crippen LogP contribution in [0, 0.1) is 24.1 Å². The first-order valence-electron chi connectivity index (χ1n) is 11.0. The van der Waals surface area contributed by atoms with Gasteiger partial charge in [0.25, 0.3) is 5.56 Å². The molecule has 1 saturated carbocycles. The van der Waals surface area contributed by atoms with Crippen molar-refractivity contribution in [2.45, 2.75) is 38.5 Å². The Hall–Kier alpha value is -3.53. The van der Waals surface area contributed by atoms with Crippen LogP contribution in [0.5, 0.6) is 5.75 Å². The van der Waals surface area contributed by atoms with Crippen molar-refractivity contribution in [1.29, 1.82) is 0 Å². The first-order valence-corrected chi connectivity index (χ1v) is 11.0. The molecule has 0 atom stereocenters. The van der Waals surface area contributed by atoms with Crippen molar-refractivity contribution in [1.82, 2.24) is 9.55 Å². The molecule has 4 rings (SSSR count). The van der Waals surface area contributed by atoms with Gasteiger partial charge in [-0.1, -0.05) is 38.0 Å². The molecule has 5 nitrogen and oxygen atoms in total. The highest BCUT2D eigenvalue weighted by atomic mass is 19.1. The molecule has 1 aliphatic carbocycles. The number of aromatic nitrogens is 2. The fraction of sp³-hybridized carbons (Fsp3) is 0.346. The zero-order valence-corrected chi connectivity index (χ0v) is 18.9. The van der Waals surface area contributed by atoms with Gasteiger partial charge in [-0.25, -0.2) is 18.6 Å². The number of nitrogens with zero attached hydrogens (tertiary/aromatic N) is 3. The highest BCUT2D eigenvalue weighted by Gasteiger charge is 2.27. The normalized spacial score (nSPS) is 18.1. The summed E-state index contributed by atoms with van der Waals surface area (Å²) in [6.07, 6.45) is 3.94. The Morgan fingerprint density at radius 3 is 2.33 bits per heavy atom. The van der Waals surface area contributed by atoms with Crippen LogP contribution in [0.25, 0.3) is 27.2 Å². The first-order chi connectivity index (χ1) is 15.8. The summed E-state index contributed by atoms with van der Waals surface area (Å²) in [4.78, 5) is 21.6. The molecule has 0 saturated heterocycles. The van der Waals surface area contributed by atoms with Crippen LogP contribution < -0.4 is 10.3 Å². The Bertz CT molecular complexity index is 1300. The lowest BCUT2D eigenvalue weighted by Gasteiger charge is -2.27. The molecule has 2 aromatic carbocycles. The third-order valence-corrected chi connectivity index (χ3v) is 6.49. The topological polar surface area (TPSA) is 48.5 Å². The van der Waals surface area contributed by atoms with E-state index >= 15 is 0 Å². The number of ether oxygens (including phenoxy) is 1.